The van der Waals surface area contributed by atoms with Gasteiger partial charge in [0.1, 0.15) is 0 Å². The van der Waals surface area contributed by atoms with Gasteiger partial charge in [-0.1, -0.05) is 36.4 Å². The van der Waals surface area contributed by atoms with E-state index < -0.39 is 11.9 Å². The summed E-state index contributed by atoms with van der Waals surface area (Å²) in [6.45, 7) is 6.90. The van der Waals surface area contributed by atoms with E-state index >= 15 is 0 Å². The molecular weight excluding hydrogens is 466 g/mol. The molecule has 2 amide bonds. The van der Waals surface area contributed by atoms with Gasteiger partial charge in [-0.3, -0.25) is 9.80 Å². The van der Waals surface area contributed by atoms with Gasteiger partial charge in [0.25, 0.3) is 0 Å². The summed E-state index contributed by atoms with van der Waals surface area (Å²) >= 11 is 0. The number of amides is 2. The van der Waals surface area contributed by atoms with Gasteiger partial charge in [0.2, 0.25) is 0 Å². The molecule has 3 rings (SSSR count). The van der Waals surface area contributed by atoms with Crippen LogP contribution in [0.25, 0.3) is 0 Å². The van der Waals surface area contributed by atoms with Crippen molar-refractivity contribution in [3.8, 4) is 0 Å². The molecule has 1 unspecified atom stereocenters. The molecule has 1 saturated heterocycles. The van der Waals surface area contributed by atoms with E-state index in [1.165, 1.54) is 0 Å². The van der Waals surface area contributed by atoms with Crippen LogP contribution in [0.1, 0.15) is 6.92 Å². The molecule has 1 atom stereocenters. The number of nitrogens with one attached hydrogen (secondary N) is 1. The lowest BCUT2D eigenvalue weighted by Crippen LogP contribution is -2.52. The maximum absolute atomic E-state index is 13.1. The minimum Gasteiger partial charge on any atom is -0.478 e. The van der Waals surface area contributed by atoms with Crippen LogP contribution in [0.2, 0.25) is 0 Å². The van der Waals surface area contributed by atoms with Crippen molar-refractivity contribution in [1.82, 2.24) is 4.90 Å². The van der Waals surface area contributed by atoms with E-state index in [1.807, 2.05) is 67.6 Å². The van der Waals surface area contributed by atoms with Crippen LogP contribution in [0.15, 0.2) is 72.8 Å². The summed E-state index contributed by atoms with van der Waals surface area (Å²) in [6, 6.07) is 19.3. The fourth-order valence-corrected chi connectivity index (χ4v) is 3.45. The zero-order valence-corrected chi connectivity index (χ0v) is 20.3. The number of ether oxygens (including phenoxy) is 2. The summed E-state index contributed by atoms with van der Waals surface area (Å²) in [4.78, 5) is 36.4. The van der Waals surface area contributed by atoms with Gasteiger partial charge in [-0.25, -0.2) is 14.4 Å². The molecule has 10 heteroatoms. The minimum absolute atomic E-state index is 0.102. The molecule has 3 N–H and O–H groups in total. The predicted molar refractivity (Wildman–Crippen MR) is 136 cm³/mol. The molecule has 0 spiro atoms. The largest absolute Gasteiger partial charge is 0.478 e. The first kappa shape index (κ1) is 28.5. The lowest BCUT2D eigenvalue weighted by Gasteiger charge is -2.37. The molecule has 0 aromatic heterocycles. The molecule has 2 aromatic rings. The number of carboxylic acid groups (broad SMARTS) is 2. The molecule has 1 fully saturated rings. The first-order valence-electron chi connectivity index (χ1n) is 11.6. The normalized spacial score (nSPS) is 14.4. The van der Waals surface area contributed by atoms with Crippen molar-refractivity contribution in [1.29, 1.82) is 0 Å². The second kappa shape index (κ2) is 16.0. The number of carbonyl (C=O) groups excluding carboxylic acids is 1. The van der Waals surface area contributed by atoms with E-state index in [-0.39, 0.29) is 12.1 Å². The lowest BCUT2D eigenvalue weighted by molar-refractivity contribution is -0.134. The number of para-hydroxylation sites is 2. The van der Waals surface area contributed by atoms with Crippen molar-refractivity contribution in [2.45, 2.75) is 13.0 Å². The number of hydrogen-bond acceptors (Lipinski definition) is 6. The van der Waals surface area contributed by atoms with Crippen molar-refractivity contribution in [3.63, 3.8) is 0 Å². The van der Waals surface area contributed by atoms with Crippen LogP contribution in [-0.2, 0) is 19.1 Å². The number of carboxylic acids is 2. The Kier molecular flexibility index (Phi) is 12.7. The van der Waals surface area contributed by atoms with Crippen molar-refractivity contribution in [2.24, 2.45) is 0 Å². The average Bonchev–Trinajstić information content (AvgIpc) is 2.89. The molecule has 0 aliphatic carbocycles. The number of urea groups is 1. The fraction of sp³-hybridized carbons (Fsp3) is 0.346. The Morgan fingerprint density at radius 1 is 1.00 bits per heavy atom. The number of aliphatic carboxylic acids is 2. The molecule has 1 aliphatic rings. The van der Waals surface area contributed by atoms with Gasteiger partial charge >= 0.3 is 18.0 Å². The first-order chi connectivity index (χ1) is 17.4. The number of nitrogens with zero attached hydrogens (tertiary/aromatic N) is 2. The SMILES string of the molecule is CCOCC(CN(C(=O)Nc1ccccc1)c1ccccc1)N1CCOCC1.O=C(O)/C=C/C(=O)O. The number of benzene rings is 2. The molecule has 1 heterocycles. The summed E-state index contributed by atoms with van der Waals surface area (Å²) in [5, 5.41) is 18.6. The fourth-order valence-electron chi connectivity index (χ4n) is 3.45. The van der Waals surface area contributed by atoms with Gasteiger partial charge in [0.15, 0.2) is 0 Å². The molecule has 0 bridgehead atoms. The van der Waals surface area contributed by atoms with Crippen LogP contribution in [0.4, 0.5) is 16.2 Å². The molecule has 36 heavy (non-hydrogen) atoms. The van der Waals surface area contributed by atoms with Gasteiger partial charge in [0, 0.05) is 49.8 Å². The third-order valence-corrected chi connectivity index (χ3v) is 5.18. The van der Waals surface area contributed by atoms with Crippen LogP contribution < -0.4 is 10.2 Å². The monoisotopic (exact) mass is 499 g/mol. The number of carbonyl (C=O) groups is 3. The highest BCUT2D eigenvalue weighted by atomic mass is 16.5. The average molecular weight is 500 g/mol. The van der Waals surface area contributed by atoms with Crippen LogP contribution in [-0.4, -0.2) is 85.2 Å². The van der Waals surface area contributed by atoms with Gasteiger partial charge in [-0.05, 0) is 31.2 Å². The van der Waals surface area contributed by atoms with Crippen LogP contribution in [0.3, 0.4) is 0 Å². The molecule has 2 aromatic carbocycles. The second-order valence-corrected chi connectivity index (χ2v) is 7.71. The minimum atomic E-state index is -1.26. The maximum atomic E-state index is 13.1. The lowest BCUT2D eigenvalue weighted by atomic mass is 10.2. The van der Waals surface area contributed by atoms with E-state index in [9.17, 15) is 14.4 Å². The number of morpholine rings is 1. The van der Waals surface area contributed by atoms with Gasteiger partial charge in [-0.2, -0.15) is 0 Å². The highest BCUT2D eigenvalue weighted by Gasteiger charge is 2.26. The van der Waals surface area contributed by atoms with E-state index in [1.54, 1.807) is 4.90 Å². The van der Waals surface area contributed by atoms with Gasteiger partial charge in [-0.15, -0.1) is 0 Å². The Hall–Kier alpha value is -3.73. The molecule has 10 nitrogen and oxygen atoms in total. The predicted octanol–water partition coefficient (Wildman–Crippen LogP) is 3.17. The standard InChI is InChI=1S/C22H29N3O3.C4H4O4/c1-2-27-18-21(24-13-15-28-16-14-24)17-25(20-11-7-4-8-12-20)22(26)23-19-9-5-3-6-10-19;5-3(6)1-2-4(7)8/h3-12,21H,2,13-18H2,1H3,(H,23,26);1-2H,(H,5,6)(H,7,8)/b;2-1+. The summed E-state index contributed by atoms with van der Waals surface area (Å²) in [6.07, 6.45) is 1.12. The van der Waals surface area contributed by atoms with Gasteiger partial charge in [0.05, 0.1) is 25.9 Å². The smallest absolute Gasteiger partial charge is 0.328 e. The Bertz CT molecular complexity index is 948. The third-order valence-electron chi connectivity index (χ3n) is 5.18. The molecule has 0 saturated carbocycles. The zero-order chi connectivity index (χ0) is 26.2. The molecular formula is C26H33N3O7. The van der Waals surface area contributed by atoms with Crippen LogP contribution in [0, 0.1) is 0 Å². The molecule has 1 aliphatic heterocycles. The van der Waals surface area contributed by atoms with E-state index in [2.05, 4.69) is 10.2 Å². The number of anilines is 2. The Balaban J connectivity index is 0.000000493. The van der Waals surface area contributed by atoms with Crippen molar-refractivity contribution in [3.05, 3.63) is 72.8 Å². The molecule has 0 radical (unpaired) electrons. The highest BCUT2D eigenvalue weighted by molar-refractivity contribution is 6.01. The highest BCUT2D eigenvalue weighted by Crippen LogP contribution is 2.18. The number of hydrogen-bond donors (Lipinski definition) is 3. The Morgan fingerprint density at radius 2 is 1.56 bits per heavy atom. The Morgan fingerprint density at radius 3 is 2.08 bits per heavy atom. The van der Waals surface area contributed by atoms with Crippen LogP contribution in [0.5, 0.6) is 0 Å². The topological polar surface area (TPSA) is 129 Å². The van der Waals surface area contributed by atoms with Crippen molar-refractivity contribution < 1.29 is 34.1 Å². The van der Waals surface area contributed by atoms with E-state index in [0.29, 0.717) is 45.1 Å². The van der Waals surface area contributed by atoms with E-state index in [0.717, 1.165) is 24.5 Å². The molecule has 194 valence electrons. The second-order valence-electron chi connectivity index (χ2n) is 7.71. The number of rotatable bonds is 10. The summed E-state index contributed by atoms with van der Waals surface area (Å²) in [5.41, 5.74) is 1.65. The van der Waals surface area contributed by atoms with Gasteiger partial charge < -0.3 is 25.0 Å². The third kappa shape index (κ3) is 10.7. The zero-order valence-electron chi connectivity index (χ0n) is 20.3. The summed E-state index contributed by atoms with van der Waals surface area (Å²) < 4.78 is 11.2. The Labute approximate surface area is 210 Å². The van der Waals surface area contributed by atoms with Crippen LogP contribution >= 0.6 is 0 Å². The van der Waals surface area contributed by atoms with Crippen molar-refractivity contribution in [2.75, 3.05) is 56.3 Å². The summed E-state index contributed by atoms with van der Waals surface area (Å²) in [7, 11) is 0. The quantitative estimate of drug-likeness (QED) is 0.425. The first-order valence-corrected chi connectivity index (χ1v) is 11.6. The summed E-state index contributed by atoms with van der Waals surface area (Å²) in [5.74, 6) is -2.51. The van der Waals surface area contributed by atoms with E-state index in [4.69, 9.17) is 19.7 Å². The van der Waals surface area contributed by atoms with Crippen molar-refractivity contribution >= 4 is 29.3 Å². The maximum Gasteiger partial charge on any atom is 0.328 e.